The predicted molar refractivity (Wildman–Crippen MR) is 124 cm³/mol. The Balaban J connectivity index is 1.59. The summed E-state index contributed by atoms with van der Waals surface area (Å²) in [6, 6.07) is 14.5. The van der Waals surface area contributed by atoms with E-state index in [-0.39, 0.29) is 0 Å². The van der Waals surface area contributed by atoms with Gasteiger partial charge in [-0.05, 0) is 42.5 Å². The maximum absolute atomic E-state index is 4.70. The molecule has 0 amide bonds. The average molecular weight is 413 g/mol. The average Bonchev–Trinajstić information content (AvgIpc) is 3.37. The van der Waals surface area contributed by atoms with E-state index in [1.165, 1.54) is 0 Å². The van der Waals surface area contributed by atoms with Crippen molar-refractivity contribution in [3.05, 3.63) is 92.0 Å². The summed E-state index contributed by atoms with van der Waals surface area (Å²) >= 11 is 0. The summed E-state index contributed by atoms with van der Waals surface area (Å²) in [5.41, 5.74) is 6.20. The van der Waals surface area contributed by atoms with Gasteiger partial charge in [0.05, 0.1) is 33.8 Å². The van der Waals surface area contributed by atoms with Gasteiger partial charge in [-0.3, -0.25) is 24.5 Å². The summed E-state index contributed by atoms with van der Waals surface area (Å²) in [7, 11) is 0. The third-order valence-corrected chi connectivity index (χ3v) is 5.91. The number of rotatable bonds is 2. The van der Waals surface area contributed by atoms with Crippen LogP contribution in [0.5, 0.6) is 0 Å². The number of benzene rings is 1. The topological polar surface area (TPSA) is 74.3 Å². The van der Waals surface area contributed by atoms with Gasteiger partial charge in [0.15, 0.2) is 5.82 Å². The summed E-state index contributed by atoms with van der Waals surface area (Å²) in [4.78, 5) is 22.2. The van der Waals surface area contributed by atoms with E-state index in [1.807, 2.05) is 49.2 Å². The quantitative estimate of drug-likeness (QED) is 0.405. The molecule has 0 N–H and O–H groups in total. The van der Waals surface area contributed by atoms with Gasteiger partial charge >= 0.3 is 0 Å². The molecule has 7 aromatic rings. The second-order valence-corrected chi connectivity index (χ2v) is 7.59. The summed E-state index contributed by atoms with van der Waals surface area (Å²) in [6.45, 7) is 0. The Morgan fingerprint density at radius 1 is 0.531 bits per heavy atom. The fourth-order valence-electron chi connectivity index (χ4n) is 4.60. The first kappa shape index (κ1) is 17.1. The number of nitrogens with zero attached hydrogens (tertiary/aromatic N) is 7. The Morgan fingerprint density at radius 2 is 1.28 bits per heavy atom. The van der Waals surface area contributed by atoms with E-state index in [4.69, 9.17) is 4.98 Å². The van der Waals surface area contributed by atoms with Crippen LogP contribution in [0.15, 0.2) is 92.0 Å². The minimum Gasteiger partial charge on any atom is -0.309 e. The van der Waals surface area contributed by atoms with Crippen molar-refractivity contribution in [1.29, 1.82) is 0 Å². The number of aromatic nitrogens is 7. The van der Waals surface area contributed by atoms with E-state index in [9.17, 15) is 0 Å². The smallest absolute Gasteiger partial charge is 0.156 e. The van der Waals surface area contributed by atoms with Gasteiger partial charge in [-0.2, -0.15) is 0 Å². The molecule has 0 fully saturated rings. The monoisotopic (exact) mass is 413 g/mol. The van der Waals surface area contributed by atoms with E-state index in [1.54, 1.807) is 18.6 Å². The highest BCUT2D eigenvalue weighted by atomic mass is 15.1. The molecular weight excluding hydrogens is 398 g/mol. The molecule has 1 aromatic carbocycles. The van der Waals surface area contributed by atoms with E-state index >= 15 is 0 Å². The van der Waals surface area contributed by atoms with Crippen LogP contribution in [-0.2, 0) is 0 Å². The summed E-state index contributed by atoms with van der Waals surface area (Å²) in [5.74, 6) is 0.766. The lowest BCUT2D eigenvalue weighted by atomic mass is 10.2. The fraction of sp³-hybridized carbons (Fsp3) is 0. The van der Waals surface area contributed by atoms with Crippen molar-refractivity contribution in [3.8, 4) is 11.5 Å². The zero-order valence-electron chi connectivity index (χ0n) is 16.8. The van der Waals surface area contributed by atoms with Crippen LogP contribution in [0.1, 0.15) is 0 Å². The number of hydrogen-bond acceptors (Lipinski definition) is 5. The molecule has 7 rings (SSSR count). The van der Waals surface area contributed by atoms with Crippen LogP contribution in [0, 0.1) is 0 Å². The Morgan fingerprint density at radius 3 is 2.03 bits per heavy atom. The van der Waals surface area contributed by atoms with Gasteiger partial charge in [0.1, 0.15) is 0 Å². The van der Waals surface area contributed by atoms with Crippen LogP contribution in [0.3, 0.4) is 0 Å². The molecule has 0 atom stereocenters. The Bertz CT molecular complexity index is 1730. The van der Waals surface area contributed by atoms with Crippen LogP contribution < -0.4 is 0 Å². The lowest BCUT2D eigenvalue weighted by Gasteiger charge is -2.09. The van der Waals surface area contributed by atoms with Crippen LogP contribution in [0.2, 0.25) is 0 Å². The second kappa shape index (κ2) is 6.42. The molecule has 0 saturated carbocycles. The third-order valence-electron chi connectivity index (χ3n) is 5.91. The Kier molecular flexibility index (Phi) is 3.43. The molecular formula is C25H15N7. The SMILES string of the molecule is c1cnc2c3cc(-n4c5ccncc5c5cnccc54)ccc3n(-c3cnccn3)c2c1. The molecule has 6 heterocycles. The van der Waals surface area contributed by atoms with Crippen LogP contribution in [0.4, 0.5) is 0 Å². The van der Waals surface area contributed by atoms with Gasteiger partial charge in [0.2, 0.25) is 0 Å². The van der Waals surface area contributed by atoms with Crippen molar-refractivity contribution < 1.29 is 0 Å². The van der Waals surface area contributed by atoms with Crippen LogP contribution >= 0.6 is 0 Å². The highest BCUT2D eigenvalue weighted by molar-refractivity contribution is 6.10. The Hall–Kier alpha value is -4.65. The molecule has 0 aliphatic heterocycles. The second-order valence-electron chi connectivity index (χ2n) is 7.59. The van der Waals surface area contributed by atoms with Gasteiger partial charge in [0, 0.05) is 65.2 Å². The zero-order chi connectivity index (χ0) is 21.1. The first-order chi connectivity index (χ1) is 15.9. The van der Waals surface area contributed by atoms with Gasteiger partial charge in [0.25, 0.3) is 0 Å². The van der Waals surface area contributed by atoms with Gasteiger partial charge in [-0.15, -0.1) is 0 Å². The zero-order valence-corrected chi connectivity index (χ0v) is 16.8. The van der Waals surface area contributed by atoms with Crippen LogP contribution in [-0.4, -0.2) is 34.1 Å². The molecule has 6 aromatic heterocycles. The number of pyridine rings is 3. The molecule has 0 unspecified atom stereocenters. The van der Waals surface area contributed by atoms with Crippen molar-refractivity contribution in [1.82, 2.24) is 34.1 Å². The predicted octanol–water partition coefficient (Wildman–Crippen LogP) is 4.86. The van der Waals surface area contributed by atoms with E-state index in [0.29, 0.717) is 0 Å². The van der Waals surface area contributed by atoms with E-state index < -0.39 is 0 Å². The molecule has 0 radical (unpaired) electrons. The molecule has 0 spiro atoms. The molecule has 0 aliphatic carbocycles. The van der Waals surface area contributed by atoms with E-state index in [2.05, 4.69) is 53.3 Å². The molecule has 0 saturated heterocycles. The molecule has 7 heteroatoms. The highest BCUT2D eigenvalue weighted by Crippen LogP contribution is 2.35. The fourth-order valence-corrected chi connectivity index (χ4v) is 4.60. The number of fused-ring (bicyclic) bond motifs is 6. The van der Waals surface area contributed by atoms with Gasteiger partial charge < -0.3 is 4.57 Å². The molecule has 32 heavy (non-hydrogen) atoms. The van der Waals surface area contributed by atoms with Gasteiger partial charge in [-0.1, -0.05) is 0 Å². The number of hydrogen-bond donors (Lipinski definition) is 0. The summed E-state index contributed by atoms with van der Waals surface area (Å²) < 4.78 is 4.36. The molecule has 7 nitrogen and oxygen atoms in total. The van der Waals surface area contributed by atoms with Crippen molar-refractivity contribution in [2.75, 3.05) is 0 Å². The lowest BCUT2D eigenvalue weighted by Crippen LogP contribution is -1.98. The van der Waals surface area contributed by atoms with Gasteiger partial charge in [-0.25, -0.2) is 4.98 Å². The van der Waals surface area contributed by atoms with Crippen LogP contribution in [0.25, 0.3) is 55.2 Å². The first-order valence-electron chi connectivity index (χ1n) is 10.2. The largest absolute Gasteiger partial charge is 0.309 e. The highest BCUT2D eigenvalue weighted by Gasteiger charge is 2.17. The molecule has 0 aliphatic rings. The van der Waals surface area contributed by atoms with Crippen molar-refractivity contribution in [2.24, 2.45) is 0 Å². The summed E-state index contributed by atoms with van der Waals surface area (Å²) in [5, 5.41) is 3.22. The maximum Gasteiger partial charge on any atom is 0.156 e. The molecule has 150 valence electrons. The maximum atomic E-state index is 4.70. The first-order valence-corrected chi connectivity index (χ1v) is 10.2. The molecule has 0 bridgehead atoms. The van der Waals surface area contributed by atoms with Crippen molar-refractivity contribution >= 4 is 43.7 Å². The standard InChI is InChI=1S/C25H15N7/c1-2-23-25(30-7-1)17-12-16(3-4-20(17)32(23)24-15-28-10-11-29-24)31-21-5-8-26-13-18(21)19-14-27-9-6-22(19)31/h1-15H. The summed E-state index contributed by atoms with van der Waals surface area (Å²) in [6.07, 6.45) is 14.4. The van der Waals surface area contributed by atoms with E-state index in [0.717, 1.165) is 55.2 Å². The minimum atomic E-state index is 0.766. The Labute approximate surface area is 181 Å². The van der Waals surface area contributed by atoms with Crippen molar-refractivity contribution in [3.63, 3.8) is 0 Å². The normalized spacial score (nSPS) is 11.8. The minimum absolute atomic E-state index is 0.766. The van der Waals surface area contributed by atoms with Crippen molar-refractivity contribution in [2.45, 2.75) is 0 Å². The third kappa shape index (κ3) is 2.27. The lowest BCUT2D eigenvalue weighted by molar-refractivity contribution is 1.04.